The highest BCUT2D eigenvalue weighted by atomic mass is 35.5. The van der Waals surface area contributed by atoms with Crippen LogP contribution in [-0.4, -0.2) is 21.5 Å². The number of hydrogen-bond donors (Lipinski definition) is 0. The molecule has 0 atom stereocenters. The lowest BCUT2D eigenvalue weighted by Gasteiger charge is -2.12. The van der Waals surface area contributed by atoms with Crippen molar-refractivity contribution in [2.24, 2.45) is 0 Å². The Balaban J connectivity index is 1.86. The highest BCUT2D eigenvalue weighted by Crippen LogP contribution is 2.24. The molecule has 164 valence electrons. The molecule has 0 spiro atoms. The molecule has 2 heterocycles. The number of fused-ring (bicyclic) bond motifs is 1. The van der Waals surface area contributed by atoms with E-state index >= 15 is 0 Å². The summed E-state index contributed by atoms with van der Waals surface area (Å²) in [5.74, 6) is 0.433. The molecule has 6 nitrogen and oxygen atoms in total. The van der Waals surface area contributed by atoms with Gasteiger partial charge in [-0.15, -0.1) is 11.3 Å². The molecule has 2 aromatic carbocycles. The number of carbonyl (C=O) groups is 1. The zero-order valence-corrected chi connectivity index (χ0v) is 19.2. The molecular formula is C24H21ClN2O4S. The minimum absolute atomic E-state index is 0.187. The van der Waals surface area contributed by atoms with Gasteiger partial charge in [0.2, 0.25) is 0 Å². The monoisotopic (exact) mass is 468 g/mol. The molecule has 0 saturated heterocycles. The van der Waals surface area contributed by atoms with Gasteiger partial charge in [-0.05, 0) is 61.9 Å². The summed E-state index contributed by atoms with van der Waals surface area (Å²) in [5, 5.41) is 0.816. The third-order valence-corrected chi connectivity index (χ3v) is 6.61. The van der Waals surface area contributed by atoms with E-state index in [1.807, 2.05) is 13.8 Å². The Labute approximate surface area is 193 Å². The summed E-state index contributed by atoms with van der Waals surface area (Å²) in [6.07, 6.45) is 0.719. The van der Waals surface area contributed by atoms with E-state index in [4.69, 9.17) is 16.3 Å². The average Bonchev–Trinajstić information content (AvgIpc) is 3.22. The fourth-order valence-corrected chi connectivity index (χ4v) is 4.76. The maximum Gasteiger partial charge on any atom is 0.337 e. The number of ketones is 1. The van der Waals surface area contributed by atoms with E-state index in [1.165, 1.54) is 15.9 Å². The summed E-state index contributed by atoms with van der Waals surface area (Å²) < 4.78 is 7.88. The van der Waals surface area contributed by atoms with Crippen LogP contribution in [0.25, 0.3) is 15.9 Å². The number of rotatable bonds is 7. The van der Waals surface area contributed by atoms with Crippen LogP contribution in [0.5, 0.6) is 5.75 Å². The summed E-state index contributed by atoms with van der Waals surface area (Å²) >= 11 is 7.45. The summed E-state index contributed by atoms with van der Waals surface area (Å²) in [5.41, 5.74) is -0.177. The second kappa shape index (κ2) is 9.14. The van der Waals surface area contributed by atoms with Gasteiger partial charge in [0.1, 0.15) is 10.6 Å². The number of aryl methyl sites for hydroxylation is 1. The Bertz CT molecular complexity index is 1420. The van der Waals surface area contributed by atoms with Crippen LogP contribution < -0.4 is 16.0 Å². The van der Waals surface area contributed by atoms with Gasteiger partial charge in [-0.3, -0.25) is 14.2 Å². The number of aromatic nitrogens is 2. The number of halogens is 1. The van der Waals surface area contributed by atoms with Gasteiger partial charge in [0.05, 0.1) is 24.2 Å². The standard InChI is InChI=1S/C24H21ClN2O4S/c1-3-19-13-20-22(29)27(17-7-5-6-16(25)12-17)24(30)26(23(20)32-19)14-21(28)15-8-10-18(11-9-15)31-4-2/h5-13H,3-4,14H2,1-2H3. The third-order valence-electron chi connectivity index (χ3n) is 5.07. The maximum atomic E-state index is 13.4. The molecule has 2 aromatic heterocycles. The van der Waals surface area contributed by atoms with Crippen molar-refractivity contribution >= 4 is 38.9 Å². The molecule has 8 heteroatoms. The highest BCUT2D eigenvalue weighted by molar-refractivity contribution is 7.18. The molecule has 4 rings (SSSR count). The van der Waals surface area contributed by atoms with Crippen LogP contribution in [0.2, 0.25) is 5.02 Å². The largest absolute Gasteiger partial charge is 0.494 e. The molecule has 32 heavy (non-hydrogen) atoms. The zero-order chi connectivity index (χ0) is 22.8. The first-order valence-corrected chi connectivity index (χ1v) is 11.4. The molecule has 0 aliphatic rings. The lowest BCUT2D eigenvalue weighted by atomic mass is 10.1. The number of thiophene rings is 1. The van der Waals surface area contributed by atoms with E-state index in [2.05, 4.69) is 0 Å². The second-order valence-electron chi connectivity index (χ2n) is 7.15. The lowest BCUT2D eigenvalue weighted by molar-refractivity contribution is 0.0971. The molecule has 0 bridgehead atoms. The minimum Gasteiger partial charge on any atom is -0.494 e. The number of carbonyl (C=O) groups excluding carboxylic acids is 1. The lowest BCUT2D eigenvalue weighted by Crippen LogP contribution is -2.39. The summed E-state index contributed by atoms with van der Waals surface area (Å²) in [6, 6.07) is 15.1. The first-order valence-electron chi connectivity index (χ1n) is 10.2. The van der Waals surface area contributed by atoms with Crippen molar-refractivity contribution in [1.82, 2.24) is 9.13 Å². The summed E-state index contributed by atoms with van der Waals surface area (Å²) in [7, 11) is 0. The predicted molar refractivity (Wildman–Crippen MR) is 128 cm³/mol. The Kier molecular flexibility index (Phi) is 6.30. The number of Topliss-reactive ketones (excluding diaryl/α,β-unsaturated/α-hetero) is 1. The number of ether oxygens (including phenoxy) is 1. The maximum absolute atomic E-state index is 13.4. The van der Waals surface area contributed by atoms with Crippen LogP contribution in [0, 0.1) is 0 Å². The number of nitrogens with zero attached hydrogens (tertiary/aromatic N) is 2. The molecule has 0 radical (unpaired) electrons. The molecule has 0 unspecified atom stereocenters. The van der Waals surface area contributed by atoms with Gasteiger partial charge >= 0.3 is 5.69 Å². The Morgan fingerprint density at radius 1 is 1.06 bits per heavy atom. The van der Waals surface area contributed by atoms with Crippen LogP contribution in [0.3, 0.4) is 0 Å². The van der Waals surface area contributed by atoms with Crippen molar-refractivity contribution in [3.63, 3.8) is 0 Å². The van der Waals surface area contributed by atoms with E-state index in [0.29, 0.717) is 38.8 Å². The van der Waals surface area contributed by atoms with Crippen molar-refractivity contribution in [2.75, 3.05) is 6.61 Å². The fourth-order valence-electron chi connectivity index (χ4n) is 3.50. The molecule has 0 aliphatic carbocycles. The van der Waals surface area contributed by atoms with Crippen LogP contribution in [0.4, 0.5) is 0 Å². The predicted octanol–water partition coefficient (Wildman–Crippen LogP) is 4.71. The van der Waals surface area contributed by atoms with E-state index in [9.17, 15) is 14.4 Å². The first kappa shape index (κ1) is 22.0. The molecule has 0 aliphatic heterocycles. The normalized spacial score (nSPS) is 11.1. The van der Waals surface area contributed by atoms with Crippen molar-refractivity contribution in [2.45, 2.75) is 26.8 Å². The second-order valence-corrected chi connectivity index (χ2v) is 8.71. The number of benzene rings is 2. The van der Waals surface area contributed by atoms with Crippen molar-refractivity contribution in [3.8, 4) is 11.4 Å². The molecule has 0 saturated carbocycles. The fraction of sp³-hybridized carbons (Fsp3) is 0.208. The van der Waals surface area contributed by atoms with E-state index < -0.39 is 11.2 Å². The van der Waals surface area contributed by atoms with Gasteiger partial charge in [0, 0.05) is 15.5 Å². The molecule has 0 N–H and O–H groups in total. The molecule has 0 fully saturated rings. The van der Waals surface area contributed by atoms with E-state index in [0.717, 1.165) is 15.9 Å². The first-order chi connectivity index (χ1) is 15.4. The Morgan fingerprint density at radius 2 is 1.81 bits per heavy atom. The van der Waals surface area contributed by atoms with Gasteiger partial charge in [-0.25, -0.2) is 9.36 Å². The van der Waals surface area contributed by atoms with Crippen LogP contribution >= 0.6 is 22.9 Å². The van der Waals surface area contributed by atoms with E-state index in [-0.39, 0.29) is 12.3 Å². The smallest absolute Gasteiger partial charge is 0.337 e. The SMILES string of the molecule is CCOc1ccc(C(=O)Cn2c(=O)n(-c3cccc(Cl)c3)c(=O)c3cc(CC)sc32)cc1. The van der Waals surface area contributed by atoms with E-state index in [1.54, 1.807) is 54.6 Å². The number of hydrogen-bond acceptors (Lipinski definition) is 5. The van der Waals surface area contributed by atoms with Gasteiger partial charge in [0.15, 0.2) is 5.78 Å². The summed E-state index contributed by atoms with van der Waals surface area (Å²) in [6.45, 7) is 4.21. The molecule has 4 aromatic rings. The summed E-state index contributed by atoms with van der Waals surface area (Å²) in [4.78, 5) is 41.1. The Morgan fingerprint density at radius 3 is 2.47 bits per heavy atom. The molecular weight excluding hydrogens is 448 g/mol. The topological polar surface area (TPSA) is 70.3 Å². The third kappa shape index (κ3) is 4.13. The van der Waals surface area contributed by atoms with Crippen LogP contribution in [-0.2, 0) is 13.0 Å². The average molecular weight is 469 g/mol. The Hall–Kier alpha value is -3.16. The minimum atomic E-state index is -0.575. The van der Waals surface area contributed by atoms with Crippen molar-refractivity contribution in [1.29, 1.82) is 0 Å². The zero-order valence-electron chi connectivity index (χ0n) is 17.6. The van der Waals surface area contributed by atoms with Gasteiger partial charge in [0.25, 0.3) is 5.56 Å². The molecule has 0 amide bonds. The van der Waals surface area contributed by atoms with Gasteiger partial charge in [-0.2, -0.15) is 0 Å². The quantitative estimate of drug-likeness (QED) is 0.368. The van der Waals surface area contributed by atoms with Crippen LogP contribution in [0.1, 0.15) is 29.1 Å². The van der Waals surface area contributed by atoms with Gasteiger partial charge < -0.3 is 4.74 Å². The van der Waals surface area contributed by atoms with Crippen molar-refractivity contribution in [3.05, 3.63) is 90.9 Å². The highest BCUT2D eigenvalue weighted by Gasteiger charge is 2.20. The van der Waals surface area contributed by atoms with Crippen molar-refractivity contribution < 1.29 is 9.53 Å². The van der Waals surface area contributed by atoms with Crippen LogP contribution in [0.15, 0.2) is 64.2 Å². The van der Waals surface area contributed by atoms with Gasteiger partial charge in [-0.1, -0.05) is 24.6 Å².